The maximum atomic E-state index is 11.0. The molecule has 26 heavy (non-hydrogen) atoms. The Bertz CT molecular complexity index is 361. The fourth-order valence-electron chi connectivity index (χ4n) is 3.12. The molecule has 0 saturated carbocycles. The van der Waals surface area contributed by atoms with Gasteiger partial charge >= 0.3 is 11.9 Å². The minimum atomic E-state index is -0.692. The van der Waals surface area contributed by atoms with E-state index < -0.39 is 22.8 Å². The highest BCUT2D eigenvalue weighted by molar-refractivity contribution is 5.73. The number of carbonyl (C=O) groups is 2. The van der Waals surface area contributed by atoms with E-state index in [0.29, 0.717) is 0 Å². The molecule has 0 amide bonds. The molecule has 0 aromatic rings. The van der Waals surface area contributed by atoms with Gasteiger partial charge in [-0.3, -0.25) is 9.59 Å². The van der Waals surface area contributed by atoms with E-state index in [4.69, 9.17) is 10.2 Å². The molecule has 0 saturated heterocycles. The predicted molar refractivity (Wildman–Crippen MR) is 107 cm³/mol. The molecule has 154 valence electrons. The van der Waals surface area contributed by atoms with Gasteiger partial charge in [0.2, 0.25) is 0 Å². The van der Waals surface area contributed by atoms with Gasteiger partial charge < -0.3 is 10.2 Å². The van der Waals surface area contributed by atoms with E-state index in [1.807, 2.05) is 27.7 Å². The second-order valence-corrected chi connectivity index (χ2v) is 9.12. The lowest BCUT2D eigenvalue weighted by molar-refractivity contribution is -0.148. The van der Waals surface area contributed by atoms with Crippen LogP contribution in [-0.2, 0) is 9.59 Å². The van der Waals surface area contributed by atoms with E-state index in [9.17, 15) is 9.59 Å². The Morgan fingerprint density at radius 1 is 0.500 bits per heavy atom. The summed E-state index contributed by atoms with van der Waals surface area (Å²) in [5.41, 5.74) is -1.16. The van der Waals surface area contributed by atoms with E-state index >= 15 is 0 Å². The van der Waals surface area contributed by atoms with Crippen molar-refractivity contribution in [1.29, 1.82) is 0 Å². The van der Waals surface area contributed by atoms with Crippen molar-refractivity contribution in [3.05, 3.63) is 0 Å². The molecule has 0 aromatic carbocycles. The van der Waals surface area contributed by atoms with Crippen LogP contribution in [0.2, 0.25) is 0 Å². The molecule has 4 nitrogen and oxygen atoms in total. The van der Waals surface area contributed by atoms with Crippen molar-refractivity contribution in [2.75, 3.05) is 0 Å². The Morgan fingerprint density at radius 2 is 0.692 bits per heavy atom. The van der Waals surface area contributed by atoms with E-state index in [1.54, 1.807) is 0 Å². The van der Waals surface area contributed by atoms with E-state index in [-0.39, 0.29) is 0 Å². The van der Waals surface area contributed by atoms with Crippen LogP contribution >= 0.6 is 0 Å². The van der Waals surface area contributed by atoms with E-state index in [2.05, 4.69) is 0 Å². The molecule has 0 fully saturated rings. The molecule has 0 atom stereocenters. The number of carboxylic acids is 2. The second kappa shape index (κ2) is 13.2. The lowest BCUT2D eigenvalue weighted by Crippen LogP contribution is -2.23. The third-order valence-electron chi connectivity index (χ3n) is 5.51. The van der Waals surface area contributed by atoms with Crippen LogP contribution in [0.5, 0.6) is 0 Å². The van der Waals surface area contributed by atoms with Gasteiger partial charge in [0.05, 0.1) is 10.8 Å². The second-order valence-electron chi connectivity index (χ2n) is 9.12. The van der Waals surface area contributed by atoms with Gasteiger partial charge in [0.15, 0.2) is 0 Å². The normalized spacial score (nSPS) is 12.3. The minimum absolute atomic E-state index is 0.580. The molecule has 0 unspecified atom stereocenters. The van der Waals surface area contributed by atoms with E-state index in [0.717, 1.165) is 38.5 Å². The smallest absolute Gasteiger partial charge is 0.309 e. The molecule has 0 radical (unpaired) electrons. The van der Waals surface area contributed by atoms with Crippen molar-refractivity contribution in [3.63, 3.8) is 0 Å². The van der Waals surface area contributed by atoms with Crippen LogP contribution in [0.15, 0.2) is 0 Å². The minimum Gasteiger partial charge on any atom is -0.481 e. The first kappa shape index (κ1) is 24.9. The summed E-state index contributed by atoms with van der Waals surface area (Å²) in [6, 6.07) is 0. The summed E-state index contributed by atoms with van der Waals surface area (Å²) in [5.74, 6) is -1.38. The largest absolute Gasteiger partial charge is 0.481 e. The van der Waals surface area contributed by atoms with Gasteiger partial charge in [0.25, 0.3) is 0 Å². The fraction of sp³-hybridized carbons (Fsp3) is 0.909. The van der Waals surface area contributed by atoms with Crippen molar-refractivity contribution in [3.8, 4) is 0 Å². The van der Waals surface area contributed by atoms with Gasteiger partial charge in [-0.15, -0.1) is 0 Å². The molecule has 0 aliphatic heterocycles. The van der Waals surface area contributed by atoms with Crippen LogP contribution in [0.3, 0.4) is 0 Å². The molecule has 0 aromatic heterocycles. The van der Waals surface area contributed by atoms with Gasteiger partial charge in [-0.05, 0) is 40.5 Å². The number of hydrogen-bond acceptors (Lipinski definition) is 2. The summed E-state index contributed by atoms with van der Waals surface area (Å²) in [6.45, 7) is 7.23. The zero-order chi connectivity index (χ0) is 20.1. The molecule has 0 rings (SSSR count). The first-order valence-electron chi connectivity index (χ1n) is 10.6. The molecule has 0 aliphatic rings. The van der Waals surface area contributed by atoms with Crippen LogP contribution in [0.4, 0.5) is 0 Å². The van der Waals surface area contributed by atoms with Crippen LogP contribution in [0.25, 0.3) is 0 Å². The average molecular weight is 371 g/mol. The molecule has 2 N–H and O–H groups in total. The van der Waals surface area contributed by atoms with Crippen molar-refractivity contribution < 1.29 is 19.8 Å². The maximum absolute atomic E-state index is 11.0. The zero-order valence-electron chi connectivity index (χ0n) is 17.6. The van der Waals surface area contributed by atoms with Crippen LogP contribution < -0.4 is 0 Å². The summed E-state index contributed by atoms with van der Waals surface area (Å²) < 4.78 is 0. The quantitative estimate of drug-likeness (QED) is 0.280. The zero-order valence-corrected chi connectivity index (χ0v) is 17.6. The van der Waals surface area contributed by atoms with E-state index in [1.165, 1.54) is 51.4 Å². The summed E-state index contributed by atoms with van der Waals surface area (Å²) in [6.07, 6.45) is 16.0. The highest BCUT2D eigenvalue weighted by Gasteiger charge is 2.26. The Labute approximate surface area is 160 Å². The molecule has 0 heterocycles. The number of carboxylic acid groups (broad SMARTS) is 2. The van der Waals surface area contributed by atoms with Gasteiger partial charge in [0, 0.05) is 0 Å². The predicted octanol–water partition coefficient (Wildman–Crippen LogP) is 6.67. The number of rotatable bonds is 17. The molecule has 4 heteroatoms. The monoisotopic (exact) mass is 370 g/mol. The Hall–Kier alpha value is -1.06. The third kappa shape index (κ3) is 12.3. The van der Waals surface area contributed by atoms with Crippen molar-refractivity contribution in [1.82, 2.24) is 0 Å². The Balaban J connectivity index is 3.32. The third-order valence-corrected chi connectivity index (χ3v) is 5.51. The summed E-state index contributed by atoms with van der Waals surface area (Å²) in [7, 11) is 0. The standard InChI is InChI=1S/C22H42O4/c1-21(2,19(23)24)17-15-13-11-9-7-5-6-8-10-12-14-16-18-22(3,4)20(25)26/h5-18H2,1-4H3,(H,23,24)(H,25,26). The molecular formula is C22H42O4. The lowest BCUT2D eigenvalue weighted by Gasteiger charge is -2.18. The summed E-state index contributed by atoms with van der Waals surface area (Å²) in [4.78, 5) is 22.0. The number of unbranched alkanes of at least 4 members (excludes halogenated alkanes) is 11. The van der Waals surface area contributed by atoms with Gasteiger partial charge in [-0.2, -0.15) is 0 Å². The highest BCUT2D eigenvalue weighted by atomic mass is 16.4. The summed E-state index contributed by atoms with van der Waals surface area (Å²) in [5, 5.41) is 18.1. The SMILES string of the molecule is CC(C)(CCCCCCCCCCCCCCC(C)(C)C(=O)O)C(=O)O. The number of hydrogen-bond donors (Lipinski definition) is 2. The topological polar surface area (TPSA) is 74.6 Å². The van der Waals surface area contributed by atoms with Crippen LogP contribution in [0.1, 0.15) is 118 Å². The number of aliphatic carboxylic acids is 2. The van der Waals surface area contributed by atoms with Crippen LogP contribution in [-0.4, -0.2) is 22.2 Å². The van der Waals surface area contributed by atoms with Gasteiger partial charge in [-0.1, -0.05) is 77.0 Å². The summed E-state index contributed by atoms with van der Waals surface area (Å²) >= 11 is 0. The molecule has 0 bridgehead atoms. The maximum Gasteiger partial charge on any atom is 0.309 e. The van der Waals surface area contributed by atoms with Gasteiger partial charge in [-0.25, -0.2) is 0 Å². The Kier molecular flexibility index (Phi) is 12.6. The Morgan fingerprint density at radius 3 is 0.885 bits per heavy atom. The highest BCUT2D eigenvalue weighted by Crippen LogP contribution is 2.25. The molecule has 0 spiro atoms. The lowest BCUT2D eigenvalue weighted by atomic mass is 9.87. The molecule has 0 aliphatic carbocycles. The van der Waals surface area contributed by atoms with Crippen molar-refractivity contribution >= 4 is 11.9 Å². The van der Waals surface area contributed by atoms with Crippen molar-refractivity contribution in [2.45, 2.75) is 118 Å². The first-order chi connectivity index (χ1) is 12.1. The van der Waals surface area contributed by atoms with Crippen molar-refractivity contribution in [2.24, 2.45) is 10.8 Å². The fourth-order valence-corrected chi connectivity index (χ4v) is 3.12. The van der Waals surface area contributed by atoms with Gasteiger partial charge in [0.1, 0.15) is 0 Å². The average Bonchev–Trinajstić information content (AvgIpc) is 2.54. The first-order valence-corrected chi connectivity index (χ1v) is 10.6. The van der Waals surface area contributed by atoms with Crippen LogP contribution in [0, 0.1) is 10.8 Å². The molecular weight excluding hydrogens is 328 g/mol.